The van der Waals surface area contributed by atoms with Gasteiger partial charge in [0, 0.05) is 11.4 Å². The smallest absolute Gasteiger partial charge is 0.0485 e. The Hall–Kier alpha value is -1.46. The maximum absolute atomic E-state index is 5.10. The third-order valence-electron chi connectivity index (χ3n) is 1.88. The monoisotopic (exact) mass is 288 g/mol. The van der Waals surface area contributed by atoms with Crippen molar-refractivity contribution >= 4 is 36.2 Å². The highest BCUT2D eigenvalue weighted by atomic mass is 35.5. The lowest BCUT2D eigenvalue weighted by Gasteiger charge is -1.94. The molecule has 0 saturated carbocycles. The van der Waals surface area contributed by atoms with Gasteiger partial charge in [-0.3, -0.25) is 11.7 Å². The molecule has 0 atom stereocenters. The van der Waals surface area contributed by atoms with Crippen molar-refractivity contribution in [3.63, 3.8) is 0 Å². The van der Waals surface area contributed by atoms with Crippen LogP contribution in [0.3, 0.4) is 0 Å². The first-order chi connectivity index (χ1) is 7.86. The third kappa shape index (κ3) is 7.76. The van der Waals surface area contributed by atoms with Gasteiger partial charge in [-0.15, -0.1) is 24.8 Å². The van der Waals surface area contributed by atoms with Crippen LogP contribution in [0.25, 0.3) is 0 Å². The van der Waals surface area contributed by atoms with Gasteiger partial charge in [0.05, 0.1) is 0 Å². The molecule has 2 rings (SSSR count). The van der Waals surface area contributed by atoms with Crippen molar-refractivity contribution in [2.24, 2.45) is 11.7 Å². The van der Waals surface area contributed by atoms with Crippen molar-refractivity contribution < 1.29 is 0 Å². The molecule has 0 amide bonds. The highest BCUT2D eigenvalue weighted by molar-refractivity contribution is 5.85. The molecular weight excluding hydrogens is 271 g/mol. The number of benzene rings is 2. The summed E-state index contributed by atoms with van der Waals surface area (Å²) in [5, 5.41) is 0. The van der Waals surface area contributed by atoms with Crippen LogP contribution in [0.4, 0.5) is 11.4 Å². The van der Waals surface area contributed by atoms with Crippen LogP contribution in [0.1, 0.15) is 0 Å². The molecule has 2 aromatic carbocycles. The molecule has 0 aliphatic carbocycles. The van der Waals surface area contributed by atoms with Crippen LogP contribution in [0, 0.1) is 0 Å². The minimum atomic E-state index is 0. The number of anilines is 2. The van der Waals surface area contributed by atoms with Gasteiger partial charge < -0.3 is 10.9 Å². The van der Waals surface area contributed by atoms with Crippen molar-refractivity contribution in [2.45, 2.75) is 0 Å². The molecule has 6 N–H and O–H groups in total. The van der Waals surface area contributed by atoms with E-state index < -0.39 is 0 Å². The number of hydrogen-bond donors (Lipinski definition) is 4. The first-order valence-corrected chi connectivity index (χ1v) is 4.90. The number of rotatable bonds is 2. The molecule has 0 saturated heterocycles. The lowest BCUT2D eigenvalue weighted by molar-refractivity contribution is 1.35. The molecule has 0 aliphatic rings. The van der Waals surface area contributed by atoms with E-state index >= 15 is 0 Å². The summed E-state index contributed by atoms with van der Waals surface area (Å²) >= 11 is 0. The molecule has 0 bridgehead atoms. The average molecular weight is 289 g/mol. The molecule has 0 fully saturated rings. The van der Waals surface area contributed by atoms with Gasteiger partial charge in [0.25, 0.3) is 0 Å². The standard InChI is InChI=1S/2C6H8N2.2ClH/c2*7-8-6-4-2-1-3-5-6;;/h2*1-5,8H,7H2;2*1H. The second-order valence-corrected chi connectivity index (χ2v) is 3.02. The van der Waals surface area contributed by atoms with E-state index in [9.17, 15) is 0 Å². The predicted octanol–water partition coefficient (Wildman–Crippen LogP) is 2.79. The molecule has 0 radical (unpaired) electrons. The van der Waals surface area contributed by atoms with E-state index in [4.69, 9.17) is 11.7 Å². The van der Waals surface area contributed by atoms with Crippen LogP contribution < -0.4 is 22.5 Å². The molecule has 0 unspecified atom stereocenters. The van der Waals surface area contributed by atoms with Gasteiger partial charge in [0.1, 0.15) is 0 Å². The Labute approximate surface area is 120 Å². The van der Waals surface area contributed by atoms with Gasteiger partial charge in [-0.25, -0.2) is 0 Å². The van der Waals surface area contributed by atoms with Gasteiger partial charge >= 0.3 is 0 Å². The summed E-state index contributed by atoms with van der Waals surface area (Å²) in [6.07, 6.45) is 0. The zero-order valence-electron chi connectivity index (χ0n) is 9.74. The van der Waals surface area contributed by atoms with Crippen molar-refractivity contribution in [1.82, 2.24) is 0 Å². The summed E-state index contributed by atoms with van der Waals surface area (Å²) in [6, 6.07) is 19.2. The maximum atomic E-state index is 5.10. The molecule has 4 nitrogen and oxygen atoms in total. The normalized spacial score (nSPS) is 7.67. The third-order valence-corrected chi connectivity index (χ3v) is 1.88. The number of hydrazine groups is 2. The second-order valence-electron chi connectivity index (χ2n) is 3.02. The molecule has 100 valence electrons. The van der Waals surface area contributed by atoms with Crippen molar-refractivity contribution in [1.29, 1.82) is 0 Å². The molecule has 0 aliphatic heterocycles. The summed E-state index contributed by atoms with van der Waals surface area (Å²) in [7, 11) is 0. The lowest BCUT2D eigenvalue weighted by atomic mass is 10.3. The van der Waals surface area contributed by atoms with Crippen LogP contribution in [-0.2, 0) is 0 Å². The number of nitrogens with two attached hydrogens (primary N) is 2. The topological polar surface area (TPSA) is 76.1 Å². The minimum absolute atomic E-state index is 0. The fraction of sp³-hybridized carbons (Fsp3) is 0. The highest BCUT2D eigenvalue weighted by Crippen LogP contribution is 2.01. The van der Waals surface area contributed by atoms with Crippen LogP contribution in [-0.4, -0.2) is 0 Å². The largest absolute Gasteiger partial charge is 0.324 e. The van der Waals surface area contributed by atoms with Gasteiger partial charge in [-0.05, 0) is 24.3 Å². The lowest BCUT2D eigenvalue weighted by Crippen LogP contribution is -2.05. The Morgan fingerprint density at radius 2 is 0.833 bits per heavy atom. The Morgan fingerprint density at radius 1 is 0.556 bits per heavy atom. The number of para-hydroxylation sites is 2. The number of halogens is 2. The van der Waals surface area contributed by atoms with Crippen LogP contribution in [0.2, 0.25) is 0 Å². The van der Waals surface area contributed by atoms with Crippen LogP contribution in [0.15, 0.2) is 60.7 Å². The minimum Gasteiger partial charge on any atom is -0.324 e. The molecule has 0 spiro atoms. The first kappa shape index (κ1) is 18.9. The van der Waals surface area contributed by atoms with E-state index in [1.165, 1.54) is 0 Å². The quantitative estimate of drug-likeness (QED) is 0.506. The van der Waals surface area contributed by atoms with E-state index in [2.05, 4.69) is 10.9 Å². The Bertz CT molecular complexity index is 344. The number of nitrogens with one attached hydrogen (secondary N) is 2. The summed E-state index contributed by atoms with van der Waals surface area (Å²) < 4.78 is 0. The highest BCUT2D eigenvalue weighted by Gasteiger charge is 1.79. The van der Waals surface area contributed by atoms with Crippen LogP contribution >= 0.6 is 24.8 Å². The Balaban J connectivity index is 0. The summed E-state index contributed by atoms with van der Waals surface area (Å²) in [4.78, 5) is 0. The molecule has 18 heavy (non-hydrogen) atoms. The van der Waals surface area contributed by atoms with Crippen molar-refractivity contribution in [3.05, 3.63) is 60.7 Å². The van der Waals surface area contributed by atoms with Crippen LogP contribution in [0.5, 0.6) is 0 Å². The number of nitrogen functional groups attached to an aromatic ring is 2. The number of hydrogen-bond acceptors (Lipinski definition) is 4. The van der Waals surface area contributed by atoms with E-state index in [1.807, 2.05) is 60.7 Å². The van der Waals surface area contributed by atoms with E-state index in [-0.39, 0.29) is 24.8 Å². The van der Waals surface area contributed by atoms with E-state index in [0.717, 1.165) is 11.4 Å². The summed E-state index contributed by atoms with van der Waals surface area (Å²) in [5.74, 6) is 10.2. The first-order valence-electron chi connectivity index (χ1n) is 4.90. The molecule has 0 aromatic heterocycles. The Kier molecular flexibility index (Phi) is 12.6. The van der Waals surface area contributed by atoms with Gasteiger partial charge in [0.15, 0.2) is 0 Å². The molecular formula is C12H18Cl2N4. The SMILES string of the molecule is Cl.Cl.NNc1ccccc1.NNc1ccccc1. The maximum Gasteiger partial charge on any atom is 0.0485 e. The molecule has 2 aromatic rings. The fourth-order valence-corrected chi connectivity index (χ4v) is 1.07. The van der Waals surface area contributed by atoms with Crippen molar-refractivity contribution in [2.75, 3.05) is 10.9 Å². The van der Waals surface area contributed by atoms with Crippen molar-refractivity contribution in [3.8, 4) is 0 Å². The van der Waals surface area contributed by atoms with Gasteiger partial charge in [-0.1, -0.05) is 36.4 Å². The zero-order valence-corrected chi connectivity index (χ0v) is 11.4. The fourth-order valence-electron chi connectivity index (χ4n) is 1.07. The summed E-state index contributed by atoms with van der Waals surface area (Å²) in [6.45, 7) is 0. The van der Waals surface area contributed by atoms with E-state index in [1.54, 1.807) is 0 Å². The Morgan fingerprint density at radius 3 is 1.00 bits per heavy atom. The van der Waals surface area contributed by atoms with Gasteiger partial charge in [-0.2, -0.15) is 0 Å². The zero-order chi connectivity index (χ0) is 11.6. The second kappa shape index (κ2) is 12.0. The van der Waals surface area contributed by atoms with Gasteiger partial charge in [0.2, 0.25) is 0 Å². The predicted molar refractivity (Wildman–Crippen MR) is 83.0 cm³/mol. The molecule has 6 heteroatoms. The van der Waals surface area contributed by atoms with E-state index in [0.29, 0.717) is 0 Å². The summed E-state index contributed by atoms with van der Waals surface area (Å²) in [5.41, 5.74) is 6.93. The molecule has 0 heterocycles. The average Bonchev–Trinajstić information content (AvgIpc) is 2.41.